The minimum Gasteiger partial charge on any atom is -0.383 e. The number of rotatable bonds is 4. The monoisotopic (exact) mass is 365 g/mol. The second-order valence-electron chi connectivity index (χ2n) is 5.85. The van der Waals surface area contributed by atoms with Crippen LogP contribution in [-0.2, 0) is 10.1 Å². The molecule has 2 heterocycles. The summed E-state index contributed by atoms with van der Waals surface area (Å²) in [6, 6.07) is 16.8. The molecule has 2 aromatic carbocycles. The van der Waals surface area contributed by atoms with E-state index in [1.54, 1.807) is 41.2 Å². The van der Waals surface area contributed by atoms with E-state index >= 15 is 0 Å². The number of benzene rings is 2. The average molecular weight is 365 g/mol. The first-order valence-electron chi connectivity index (χ1n) is 7.88. The van der Waals surface area contributed by atoms with Crippen molar-refractivity contribution in [3.8, 4) is 28.0 Å². The van der Waals surface area contributed by atoms with Crippen molar-refractivity contribution in [1.82, 2.24) is 14.6 Å². The van der Waals surface area contributed by atoms with E-state index in [0.717, 1.165) is 34.2 Å². The van der Waals surface area contributed by atoms with Gasteiger partial charge in [-0.2, -0.15) is 13.5 Å². The van der Waals surface area contributed by atoms with Crippen molar-refractivity contribution in [2.75, 3.05) is 6.26 Å². The first-order chi connectivity index (χ1) is 12.5. The van der Waals surface area contributed by atoms with Crippen LogP contribution in [0.1, 0.15) is 0 Å². The number of hydrogen-bond acceptors (Lipinski definition) is 5. The van der Waals surface area contributed by atoms with Crippen LogP contribution in [0.3, 0.4) is 0 Å². The molecule has 0 aliphatic rings. The third-order valence-electron chi connectivity index (χ3n) is 3.88. The summed E-state index contributed by atoms with van der Waals surface area (Å²) in [6.45, 7) is 0. The number of nitrogens with zero attached hydrogens (tertiary/aromatic N) is 3. The summed E-state index contributed by atoms with van der Waals surface area (Å²) in [4.78, 5) is 4.55. The lowest BCUT2D eigenvalue weighted by molar-refractivity contribution is 0.493. The van der Waals surface area contributed by atoms with Crippen LogP contribution in [0.15, 0.2) is 73.2 Å². The molecule has 0 saturated heterocycles. The largest absolute Gasteiger partial charge is 0.383 e. The van der Waals surface area contributed by atoms with Gasteiger partial charge in [-0.1, -0.05) is 42.5 Å². The quantitative estimate of drug-likeness (QED) is 0.518. The maximum atomic E-state index is 11.2. The zero-order valence-corrected chi connectivity index (χ0v) is 14.7. The van der Waals surface area contributed by atoms with Crippen molar-refractivity contribution in [3.63, 3.8) is 0 Å². The number of aromatic nitrogens is 3. The molecule has 7 heteroatoms. The topological polar surface area (TPSA) is 73.6 Å². The second-order valence-corrected chi connectivity index (χ2v) is 7.42. The molecular formula is C19H15N3O3S. The molecule has 0 aliphatic carbocycles. The molecule has 0 bridgehead atoms. The fraction of sp³-hybridized carbons (Fsp3) is 0.0526. The average Bonchev–Trinajstić information content (AvgIpc) is 3.05. The van der Waals surface area contributed by atoms with Crippen molar-refractivity contribution in [1.29, 1.82) is 0 Å². The second kappa shape index (κ2) is 6.27. The Morgan fingerprint density at radius 2 is 1.62 bits per heavy atom. The van der Waals surface area contributed by atoms with E-state index in [1.807, 2.05) is 36.5 Å². The van der Waals surface area contributed by atoms with Crippen molar-refractivity contribution in [2.24, 2.45) is 0 Å². The Morgan fingerprint density at radius 3 is 2.31 bits per heavy atom. The summed E-state index contributed by atoms with van der Waals surface area (Å²) in [6.07, 6.45) is 6.47. The molecule has 0 N–H and O–H groups in total. The SMILES string of the molecule is CS(=O)(=O)Oc1ccc(-c2cnc3c(-c4ccccc4)cnn3c2)cc1. The van der Waals surface area contributed by atoms with Gasteiger partial charge in [-0.3, -0.25) is 0 Å². The van der Waals surface area contributed by atoms with Gasteiger partial charge in [0, 0.05) is 23.5 Å². The molecule has 2 aromatic heterocycles. The molecule has 6 nitrogen and oxygen atoms in total. The van der Waals surface area contributed by atoms with E-state index < -0.39 is 10.1 Å². The molecule has 0 unspecified atom stereocenters. The van der Waals surface area contributed by atoms with Gasteiger partial charge in [-0.15, -0.1) is 0 Å². The first kappa shape index (κ1) is 16.3. The molecule has 0 atom stereocenters. The van der Waals surface area contributed by atoms with E-state index in [2.05, 4.69) is 10.1 Å². The fourth-order valence-corrected chi connectivity index (χ4v) is 3.18. The molecule has 0 spiro atoms. The molecular weight excluding hydrogens is 350 g/mol. The third kappa shape index (κ3) is 3.29. The van der Waals surface area contributed by atoms with Gasteiger partial charge >= 0.3 is 10.1 Å². The summed E-state index contributed by atoms with van der Waals surface area (Å²) in [5.41, 5.74) is 4.55. The smallest absolute Gasteiger partial charge is 0.306 e. The van der Waals surface area contributed by atoms with Crippen LogP contribution in [0.2, 0.25) is 0 Å². The van der Waals surface area contributed by atoms with E-state index in [1.165, 1.54) is 0 Å². The standard InChI is InChI=1S/C19H15N3O3S/c1-26(23,24)25-17-9-7-14(8-10-17)16-11-20-19-18(12-21-22(19)13-16)15-5-3-2-4-6-15/h2-13H,1H3. The van der Waals surface area contributed by atoms with Crippen LogP contribution < -0.4 is 4.18 Å². The maximum Gasteiger partial charge on any atom is 0.306 e. The molecule has 0 saturated carbocycles. The van der Waals surface area contributed by atoms with Crippen molar-refractivity contribution in [2.45, 2.75) is 0 Å². The highest BCUT2D eigenvalue weighted by Gasteiger charge is 2.10. The summed E-state index contributed by atoms with van der Waals surface area (Å²) >= 11 is 0. The molecule has 0 radical (unpaired) electrons. The Labute approximate surface area is 150 Å². The van der Waals surface area contributed by atoms with Crippen LogP contribution in [0, 0.1) is 0 Å². The Balaban J connectivity index is 1.68. The molecule has 0 aliphatic heterocycles. The summed E-state index contributed by atoms with van der Waals surface area (Å²) in [5.74, 6) is 0.274. The van der Waals surface area contributed by atoms with Crippen LogP contribution >= 0.6 is 0 Å². The van der Waals surface area contributed by atoms with Crippen LogP contribution in [0.25, 0.3) is 27.9 Å². The van der Waals surface area contributed by atoms with Crippen molar-refractivity contribution >= 4 is 15.8 Å². The summed E-state index contributed by atoms with van der Waals surface area (Å²) in [5, 5.41) is 4.40. The lowest BCUT2D eigenvalue weighted by Gasteiger charge is -2.06. The van der Waals surface area contributed by atoms with Crippen molar-refractivity contribution < 1.29 is 12.6 Å². The molecule has 0 amide bonds. The first-order valence-corrected chi connectivity index (χ1v) is 9.70. The molecule has 4 rings (SSSR count). The Bertz CT molecular complexity index is 1170. The highest BCUT2D eigenvalue weighted by molar-refractivity contribution is 7.86. The Morgan fingerprint density at radius 1 is 0.885 bits per heavy atom. The zero-order chi connectivity index (χ0) is 18.1. The van der Waals surface area contributed by atoms with Crippen LogP contribution in [0.5, 0.6) is 5.75 Å². The van der Waals surface area contributed by atoms with E-state index in [9.17, 15) is 8.42 Å². The van der Waals surface area contributed by atoms with Gasteiger partial charge < -0.3 is 4.18 Å². The summed E-state index contributed by atoms with van der Waals surface area (Å²) < 4.78 is 28.9. The molecule has 130 valence electrons. The van der Waals surface area contributed by atoms with E-state index in [-0.39, 0.29) is 5.75 Å². The lowest BCUT2D eigenvalue weighted by Crippen LogP contribution is -2.05. The van der Waals surface area contributed by atoms with Crippen molar-refractivity contribution in [3.05, 3.63) is 73.2 Å². The number of hydrogen-bond donors (Lipinski definition) is 0. The van der Waals surface area contributed by atoms with Gasteiger partial charge in [0.2, 0.25) is 0 Å². The highest BCUT2D eigenvalue weighted by atomic mass is 32.2. The lowest BCUT2D eigenvalue weighted by atomic mass is 10.1. The highest BCUT2D eigenvalue weighted by Crippen LogP contribution is 2.26. The van der Waals surface area contributed by atoms with Gasteiger partial charge in [0.1, 0.15) is 5.75 Å². The molecule has 0 fully saturated rings. The van der Waals surface area contributed by atoms with Gasteiger partial charge in [0.25, 0.3) is 0 Å². The summed E-state index contributed by atoms with van der Waals surface area (Å²) in [7, 11) is -3.53. The van der Waals surface area contributed by atoms with E-state index in [4.69, 9.17) is 4.18 Å². The van der Waals surface area contributed by atoms with E-state index in [0.29, 0.717) is 0 Å². The Hall–Kier alpha value is -3.19. The molecule has 26 heavy (non-hydrogen) atoms. The normalized spacial score (nSPS) is 11.6. The van der Waals surface area contributed by atoms with Crippen LogP contribution in [0.4, 0.5) is 0 Å². The predicted molar refractivity (Wildman–Crippen MR) is 99.3 cm³/mol. The predicted octanol–water partition coefficient (Wildman–Crippen LogP) is 3.40. The molecule has 4 aromatic rings. The van der Waals surface area contributed by atoms with Gasteiger partial charge in [-0.25, -0.2) is 9.50 Å². The van der Waals surface area contributed by atoms with Gasteiger partial charge in [0.15, 0.2) is 5.65 Å². The minimum atomic E-state index is -3.53. The minimum absolute atomic E-state index is 0.274. The number of fused-ring (bicyclic) bond motifs is 1. The zero-order valence-electron chi connectivity index (χ0n) is 13.9. The maximum absolute atomic E-state index is 11.2. The Kier molecular flexibility index (Phi) is 3.93. The fourth-order valence-electron chi connectivity index (χ4n) is 2.72. The van der Waals surface area contributed by atoms with Crippen LogP contribution in [-0.4, -0.2) is 29.3 Å². The van der Waals surface area contributed by atoms with Gasteiger partial charge in [0.05, 0.1) is 12.5 Å². The van der Waals surface area contributed by atoms with Gasteiger partial charge in [-0.05, 0) is 23.3 Å². The third-order valence-corrected chi connectivity index (χ3v) is 4.37.